The topological polar surface area (TPSA) is 90.5 Å². The number of carbonyl (C=O) groups excluding carboxylic acids is 2. The number of amides is 2. The summed E-state index contributed by atoms with van der Waals surface area (Å²) in [5.74, 6) is -0.571. The van der Waals surface area contributed by atoms with Gasteiger partial charge in [-0.3, -0.25) is 19.4 Å². The minimum absolute atomic E-state index is 0.0162. The zero-order valence-corrected chi connectivity index (χ0v) is 27.3. The highest BCUT2D eigenvalue weighted by Gasteiger charge is 2.38. The molecular formula is C34H46F2N6O4. The van der Waals surface area contributed by atoms with Crippen LogP contribution in [0.15, 0.2) is 30.3 Å². The van der Waals surface area contributed by atoms with Crippen LogP contribution in [0.1, 0.15) is 55.7 Å². The second kappa shape index (κ2) is 13.9. The third kappa shape index (κ3) is 7.05. The van der Waals surface area contributed by atoms with Crippen molar-refractivity contribution >= 4 is 17.5 Å². The molecule has 2 amide bonds. The van der Waals surface area contributed by atoms with Crippen LogP contribution in [0.2, 0.25) is 0 Å². The van der Waals surface area contributed by atoms with Crippen LogP contribution in [0.3, 0.4) is 0 Å². The largest absolute Gasteiger partial charge is 0.474 e. The number of nitrogens with zero attached hydrogens (tertiary/aromatic N) is 5. The number of ether oxygens (including phenoxy) is 2. The lowest BCUT2D eigenvalue weighted by Gasteiger charge is -2.46. The first-order chi connectivity index (χ1) is 22.1. The van der Waals surface area contributed by atoms with E-state index in [9.17, 15) is 18.4 Å². The predicted molar refractivity (Wildman–Crippen MR) is 171 cm³/mol. The van der Waals surface area contributed by atoms with E-state index in [4.69, 9.17) is 9.47 Å². The van der Waals surface area contributed by atoms with Gasteiger partial charge in [-0.2, -0.15) is 0 Å². The number of nitrogens with one attached hydrogen (secondary N) is 1. The van der Waals surface area contributed by atoms with Crippen LogP contribution in [0, 0.1) is 5.82 Å². The van der Waals surface area contributed by atoms with Crippen LogP contribution >= 0.6 is 0 Å². The summed E-state index contributed by atoms with van der Waals surface area (Å²) in [6.45, 7) is 13.0. The van der Waals surface area contributed by atoms with Crippen molar-refractivity contribution in [3.05, 3.63) is 53.0 Å². The summed E-state index contributed by atoms with van der Waals surface area (Å²) in [7, 11) is 0. The van der Waals surface area contributed by atoms with Crippen molar-refractivity contribution in [2.75, 3.05) is 64.0 Å². The Morgan fingerprint density at radius 1 is 1.02 bits per heavy atom. The molecule has 1 aromatic heterocycles. The normalized spacial score (nSPS) is 29.0. The van der Waals surface area contributed by atoms with Crippen LogP contribution in [-0.2, 0) is 16.0 Å². The van der Waals surface area contributed by atoms with Crippen molar-refractivity contribution in [3.63, 3.8) is 0 Å². The molecule has 4 aliphatic heterocycles. The van der Waals surface area contributed by atoms with Crippen molar-refractivity contribution in [1.29, 1.82) is 0 Å². The first-order valence-electron chi connectivity index (χ1n) is 16.5. The summed E-state index contributed by atoms with van der Waals surface area (Å²) < 4.78 is 39.6. The molecule has 4 aliphatic rings. The first-order valence-corrected chi connectivity index (χ1v) is 16.5. The van der Waals surface area contributed by atoms with E-state index in [1.165, 1.54) is 17.0 Å². The van der Waals surface area contributed by atoms with Crippen molar-refractivity contribution < 1.29 is 27.8 Å². The van der Waals surface area contributed by atoms with Gasteiger partial charge in [0.2, 0.25) is 11.8 Å². The average Bonchev–Trinajstić information content (AvgIpc) is 3.46. The number of morpholine rings is 1. The number of hydrogen-bond donors (Lipinski definition) is 1. The van der Waals surface area contributed by atoms with Gasteiger partial charge in [-0.05, 0) is 69.9 Å². The Hall–Kier alpha value is -3.19. The molecule has 1 aromatic carbocycles. The average molecular weight is 641 g/mol. The van der Waals surface area contributed by atoms with Crippen LogP contribution < -0.4 is 15.0 Å². The molecule has 0 radical (unpaired) electrons. The molecule has 0 bridgehead atoms. The summed E-state index contributed by atoms with van der Waals surface area (Å²) in [4.78, 5) is 40.6. The van der Waals surface area contributed by atoms with Gasteiger partial charge < -0.3 is 24.6 Å². The van der Waals surface area contributed by atoms with Gasteiger partial charge in [0.1, 0.15) is 30.0 Å². The number of piperazine rings is 1. The summed E-state index contributed by atoms with van der Waals surface area (Å²) in [6.07, 6.45) is -0.494. The number of benzene rings is 1. The SMILES string of the molecule is C[C@@H]1CN(CC(=O)N2c3cc(Cc4ccc(F)cc4)c(C(=O)N4CC[C@H](F)C4)nc3OC[C@@H]2C)[C@@H](CN2[C@H](C)COC[C@H]2C)CN1. The first kappa shape index (κ1) is 32.7. The number of pyridine rings is 1. The lowest BCUT2D eigenvalue weighted by Crippen LogP contribution is -2.63. The number of likely N-dealkylation sites (tertiary alicyclic amines) is 1. The Labute approximate surface area is 270 Å². The van der Waals surface area contributed by atoms with Crippen LogP contribution in [0.25, 0.3) is 0 Å². The number of halogens is 2. The molecule has 0 saturated carbocycles. The Morgan fingerprint density at radius 2 is 1.76 bits per heavy atom. The van der Waals surface area contributed by atoms with Crippen LogP contribution in [-0.4, -0.2) is 127 Å². The van der Waals surface area contributed by atoms with Gasteiger partial charge in [-0.15, -0.1) is 0 Å². The highest BCUT2D eigenvalue weighted by molar-refractivity contribution is 5.99. The van der Waals surface area contributed by atoms with E-state index < -0.39 is 6.17 Å². The predicted octanol–water partition coefficient (Wildman–Crippen LogP) is 2.88. The molecule has 10 nitrogen and oxygen atoms in total. The summed E-state index contributed by atoms with van der Waals surface area (Å²) in [5, 5.41) is 3.60. The van der Waals surface area contributed by atoms with Gasteiger partial charge in [-0.1, -0.05) is 12.1 Å². The summed E-state index contributed by atoms with van der Waals surface area (Å²) >= 11 is 0. The number of aromatic nitrogens is 1. The van der Waals surface area contributed by atoms with Crippen molar-refractivity contribution in [3.8, 4) is 5.88 Å². The van der Waals surface area contributed by atoms with Gasteiger partial charge in [0, 0.05) is 50.3 Å². The molecule has 5 heterocycles. The second-order valence-electron chi connectivity index (χ2n) is 13.5. The van der Waals surface area contributed by atoms with E-state index in [-0.39, 0.29) is 79.9 Å². The molecule has 6 atom stereocenters. The highest BCUT2D eigenvalue weighted by atomic mass is 19.1. The lowest BCUT2D eigenvalue weighted by molar-refractivity contribution is -0.122. The van der Waals surface area contributed by atoms with E-state index in [0.29, 0.717) is 43.1 Å². The molecule has 250 valence electrons. The van der Waals surface area contributed by atoms with E-state index >= 15 is 0 Å². The lowest BCUT2D eigenvalue weighted by atomic mass is 10.0. The Kier molecular flexibility index (Phi) is 9.88. The fraction of sp³-hybridized carbons (Fsp3) is 0.618. The molecule has 0 unspecified atom stereocenters. The van der Waals surface area contributed by atoms with Gasteiger partial charge >= 0.3 is 0 Å². The van der Waals surface area contributed by atoms with Gasteiger partial charge in [0.25, 0.3) is 5.91 Å². The number of carbonyl (C=O) groups is 2. The highest BCUT2D eigenvalue weighted by Crippen LogP contribution is 2.36. The maximum atomic E-state index is 14.3. The zero-order valence-electron chi connectivity index (χ0n) is 27.3. The maximum absolute atomic E-state index is 14.3. The molecule has 3 saturated heterocycles. The number of alkyl halides is 1. The van der Waals surface area contributed by atoms with E-state index in [2.05, 4.69) is 40.9 Å². The Balaban J connectivity index is 1.29. The molecule has 6 rings (SSSR count). The summed E-state index contributed by atoms with van der Waals surface area (Å²) in [5.41, 5.74) is 2.05. The maximum Gasteiger partial charge on any atom is 0.273 e. The molecule has 46 heavy (non-hydrogen) atoms. The van der Waals surface area contributed by atoms with Gasteiger partial charge in [0.15, 0.2) is 0 Å². The number of fused-ring (bicyclic) bond motifs is 1. The van der Waals surface area contributed by atoms with Crippen molar-refractivity contribution in [1.82, 2.24) is 25.0 Å². The van der Waals surface area contributed by atoms with Crippen LogP contribution in [0.5, 0.6) is 5.88 Å². The van der Waals surface area contributed by atoms with Crippen LogP contribution in [0.4, 0.5) is 14.5 Å². The third-order valence-corrected chi connectivity index (χ3v) is 9.74. The number of rotatable bonds is 7. The summed E-state index contributed by atoms with van der Waals surface area (Å²) in [6, 6.07) is 8.62. The standard InChI is InChI=1S/C34H46F2N6O4/c1-21-14-40(29(13-37-21)16-41-22(2)18-45-19-23(41)3)17-31(43)42-24(4)20-46-33-30(42)12-26(11-25-5-7-27(35)8-6-25)32(38-33)34(44)39-10-9-28(36)15-39/h5-8,12,21-24,28-29,37H,9-11,13-20H2,1-4H3/t21-,22-,23-,24+,28+,29-/m1/s1. The van der Waals surface area contributed by atoms with E-state index in [1.54, 1.807) is 17.0 Å². The Bertz CT molecular complexity index is 1400. The fourth-order valence-electron chi connectivity index (χ4n) is 7.18. The van der Waals surface area contributed by atoms with Gasteiger partial charge in [0.05, 0.1) is 32.3 Å². The number of hydrogen-bond acceptors (Lipinski definition) is 8. The fourth-order valence-corrected chi connectivity index (χ4v) is 7.18. The molecular weight excluding hydrogens is 594 g/mol. The third-order valence-electron chi connectivity index (χ3n) is 9.74. The minimum atomic E-state index is -1.07. The zero-order chi connectivity index (χ0) is 32.5. The molecule has 0 spiro atoms. The number of anilines is 1. The second-order valence-corrected chi connectivity index (χ2v) is 13.5. The molecule has 0 aliphatic carbocycles. The molecule has 3 fully saturated rings. The van der Waals surface area contributed by atoms with Crippen molar-refractivity contribution in [2.45, 2.75) is 76.9 Å². The smallest absolute Gasteiger partial charge is 0.273 e. The Morgan fingerprint density at radius 3 is 2.46 bits per heavy atom. The molecule has 12 heteroatoms. The molecule has 2 aromatic rings. The van der Waals surface area contributed by atoms with E-state index in [1.807, 2.05) is 13.0 Å². The van der Waals surface area contributed by atoms with E-state index in [0.717, 1.165) is 25.2 Å². The van der Waals surface area contributed by atoms with Gasteiger partial charge in [-0.25, -0.2) is 13.8 Å². The minimum Gasteiger partial charge on any atom is -0.474 e. The monoisotopic (exact) mass is 640 g/mol. The quantitative estimate of drug-likeness (QED) is 0.495. The van der Waals surface area contributed by atoms with Crippen molar-refractivity contribution in [2.24, 2.45) is 0 Å². The molecule has 1 N–H and O–H groups in total.